The predicted molar refractivity (Wildman–Crippen MR) is 84.7 cm³/mol. The van der Waals surface area contributed by atoms with Crippen LogP contribution in [0.25, 0.3) is 0 Å². The van der Waals surface area contributed by atoms with E-state index in [9.17, 15) is 9.59 Å². The molecule has 0 bridgehead atoms. The Morgan fingerprint density at radius 1 is 1.26 bits per heavy atom. The lowest BCUT2D eigenvalue weighted by atomic mass is 10.1. The molecular weight excluding hydrogens is 296 g/mol. The van der Waals surface area contributed by atoms with E-state index in [1.807, 2.05) is 24.3 Å². The van der Waals surface area contributed by atoms with Crippen LogP contribution in [0, 0.1) is 0 Å². The molecule has 2 aromatic rings. The smallest absolute Gasteiger partial charge is 0.262 e. The molecule has 118 valence electrons. The Labute approximate surface area is 133 Å². The van der Waals surface area contributed by atoms with Gasteiger partial charge in [0.2, 0.25) is 0 Å². The molecule has 2 aromatic carbocycles. The monoisotopic (exact) mass is 312 g/mol. The number of anilines is 1. The fourth-order valence-corrected chi connectivity index (χ4v) is 2.31. The standard InChI is InChI=1S/C17H16N2O4/c1-22-12-7-5-11(6-8-12)9-18-17(21)13-3-2-4-14-16(13)23-10-15(20)19-14/h2-8H,9-10H2,1H3,(H,18,21)(H,19,20). The number of benzene rings is 2. The van der Waals surface area contributed by atoms with Crippen molar-refractivity contribution in [3.05, 3.63) is 53.6 Å². The molecule has 0 saturated carbocycles. The average molecular weight is 312 g/mol. The summed E-state index contributed by atoms with van der Waals surface area (Å²) in [6, 6.07) is 12.5. The number of hydrogen-bond donors (Lipinski definition) is 2. The van der Waals surface area contributed by atoms with Gasteiger partial charge in [0, 0.05) is 6.54 Å². The van der Waals surface area contributed by atoms with Gasteiger partial charge < -0.3 is 20.1 Å². The van der Waals surface area contributed by atoms with Crippen LogP contribution in [-0.2, 0) is 11.3 Å². The molecule has 0 spiro atoms. The van der Waals surface area contributed by atoms with Gasteiger partial charge in [-0.15, -0.1) is 0 Å². The number of para-hydroxylation sites is 1. The van der Waals surface area contributed by atoms with Crippen LogP contribution < -0.4 is 20.1 Å². The maximum atomic E-state index is 12.4. The van der Waals surface area contributed by atoms with E-state index in [4.69, 9.17) is 9.47 Å². The molecule has 0 fully saturated rings. The molecular formula is C17H16N2O4. The third-order valence-corrected chi connectivity index (χ3v) is 3.49. The van der Waals surface area contributed by atoms with E-state index in [0.717, 1.165) is 11.3 Å². The Bertz CT molecular complexity index is 741. The highest BCUT2D eigenvalue weighted by atomic mass is 16.5. The van der Waals surface area contributed by atoms with Crippen molar-refractivity contribution in [1.29, 1.82) is 0 Å². The summed E-state index contributed by atoms with van der Waals surface area (Å²) < 4.78 is 10.5. The second-order valence-corrected chi connectivity index (χ2v) is 5.05. The summed E-state index contributed by atoms with van der Waals surface area (Å²) in [5, 5.41) is 5.53. The molecule has 0 aromatic heterocycles. The third kappa shape index (κ3) is 3.26. The highest BCUT2D eigenvalue weighted by Crippen LogP contribution is 2.31. The van der Waals surface area contributed by atoms with Gasteiger partial charge in [0.15, 0.2) is 12.4 Å². The zero-order chi connectivity index (χ0) is 16.2. The number of methoxy groups -OCH3 is 1. The van der Waals surface area contributed by atoms with Gasteiger partial charge in [-0.05, 0) is 29.8 Å². The van der Waals surface area contributed by atoms with Crippen molar-refractivity contribution in [3.63, 3.8) is 0 Å². The van der Waals surface area contributed by atoms with Gasteiger partial charge >= 0.3 is 0 Å². The SMILES string of the molecule is COc1ccc(CNC(=O)c2cccc3c2OCC(=O)N3)cc1. The minimum absolute atomic E-state index is 0.0875. The molecule has 0 radical (unpaired) electrons. The number of hydrogen-bond acceptors (Lipinski definition) is 4. The lowest BCUT2D eigenvalue weighted by Gasteiger charge is -2.20. The second-order valence-electron chi connectivity index (χ2n) is 5.05. The Morgan fingerprint density at radius 3 is 2.78 bits per heavy atom. The van der Waals surface area contributed by atoms with Gasteiger partial charge in [-0.2, -0.15) is 0 Å². The minimum atomic E-state index is -0.256. The van der Waals surface area contributed by atoms with E-state index < -0.39 is 0 Å². The van der Waals surface area contributed by atoms with Crippen LogP contribution in [0.3, 0.4) is 0 Å². The number of carbonyl (C=O) groups is 2. The van der Waals surface area contributed by atoms with E-state index in [-0.39, 0.29) is 18.4 Å². The van der Waals surface area contributed by atoms with Gasteiger partial charge in [0.05, 0.1) is 18.4 Å². The van der Waals surface area contributed by atoms with E-state index >= 15 is 0 Å². The van der Waals surface area contributed by atoms with Gasteiger partial charge in [0.25, 0.3) is 11.8 Å². The first-order valence-electron chi connectivity index (χ1n) is 7.14. The van der Waals surface area contributed by atoms with Crippen LogP contribution in [0.15, 0.2) is 42.5 Å². The Morgan fingerprint density at radius 2 is 2.04 bits per heavy atom. The molecule has 1 heterocycles. The van der Waals surface area contributed by atoms with Crippen molar-refractivity contribution in [2.75, 3.05) is 19.0 Å². The summed E-state index contributed by atoms with van der Waals surface area (Å²) in [5.74, 6) is 0.683. The number of nitrogens with one attached hydrogen (secondary N) is 2. The molecule has 0 aliphatic carbocycles. The summed E-state index contributed by atoms with van der Waals surface area (Å²) in [5.41, 5.74) is 1.87. The maximum absolute atomic E-state index is 12.4. The number of ether oxygens (including phenoxy) is 2. The van der Waals surface area contributed by atoms with Gasteiger partial charge in [-0.3, -0.25) is 9.59 Å². The van der Waals surface area contributed by atoms with Crippen LogP contribution in [0.2, 0.25) is 0 Å². The van der Waals surface area contributed by atoms with E-state index in [1.54, 1.807) is 25.3 Å². The number of amides is 2. The van der Waals surface area contributed by atoms with Crippen LogP contribution >= 0.6 is 0 Å². The van der Waals surface area contributed by atoms with Crippen LogP contribution in [0.1, 0.15) is 15.9 Å². The van der Waals surface area contributed by atoms with E-state index in [2.05, 4.69) is 10.6 Å². The van der Waals surface area contributed by atoms with Gasteiger partial charge in [-0.1, -0.05) is 18.2 Å². The molecule has 2 N–H and O–H groups in total. The van der Waals surface area contributed by atoms with Gasteiger partial charge in [-0.25, -0.2) is 0 Å². The number of carbonyl (C=O) groups excluding carboxylic acids is 2. The summed E-state index contributed by atoms with van der Waals surface area (Å²) in [7, 11) is 1.61. The van der Waals surface area contributed by atoms with E-state index in [1.165, 1.54) is 0 Å². The lowest BCUT2D eigenvalue weighted by molar-refractivity contribution is -0.118. The molecule has 6 nitrogen and oxygen atoms in total. The minimum Gasteiger partial charge on any atom is -0.497 e. The van der Waals surface area contributed by atoms with E-state index in [0.29, 0.717) is 23.5 Å². The first-order valence-corrected chi connectivity index (χ1v) is 7.14. The molecule has 1 aliphatic heterocycles. The van der Waals surface area contributed by atoms with Crippen LogP contribution in [0.5, 0.6) is 11.5 Å². The molecule has 0 atom stereocenters. The molecule has 6 heteroatoms. The van der Waals surface area contributed by atoms with Crippen molar-refractivity contribution >= 4 is 17.5 Å². The summed E-state index contributed by atoms with van der Waals surface area (Å²) >= 11 is 0. The molecule has 0 unspecified atom stereocenters. The zero-order valence-electron chi connectivity index (χ0n) is 12.6. The maximum Gasteiger partial charge on any atom is 0.262 e. The Kier molecular flexibility index (Phi) is 4.14. The topological polar surface area (TPSA) is 76.7 Å². The van der Waals surface area contributed by atoms with Crippen molar-refractivity contribution < 1.29 is 19.1 Å². The fraction of sp³-hybridized carbons (Fsp3) is 0.176. The van der Waals surface area contributed by atoms with Crippen molar-refractivity contribution in [3.8, 4) is 11.5 Å². The second kappa shape index (κ2) is 6.39. The zero-order valence-corrected chi connectivity index (χ0v) is 12.6. The Hall–Kier alpha value is -3.02. The predicted octanol–water partition coefficient (Wildman–Crippen LogP) is 1.96. The lowest BCUT2D eigenvalue weighted by Crippen LogP contribution is -2.29. The number of rotatable bonds is 4. The molecule has 3 rings (SSSR count). The summed E-state index contributed by atoms with van der Waals surface area (Å²) in [4.78, 5) is 23.7. The quantitative estimate of drug-likeness (QED) is 0.905. The largest absolute Gasteiger partial charge is 0.497 e. The summed E-state index contributed by atoms with van der Waals surface area (Å²) in [6.07, 6.45) is 0. The molecule has 1 aliphatic rings. The first-order chi connectivity index (χ1) is 11.2. The van der Waals surface area contributed by atoms with Crippen molar-refractivity contribution in [2.24, 2.45) is 0 Å². The summed E-state index contributed by atoms with van der Waals surface area (Å²) in [6.45, 7) is 0.300. The molecule has 0 saturated heterocycles. The average Bonchev–Trinajstić information content (AvgIpc) is 2.59. The molecule has 23 heavy (non-hydrogen) atoms. The first kappa shape index (κ1) is 14.9. The van der Waals surface area contributed by atoms with Crippen LogP contribution in [-0.4, -0.2) is 25.5 Å². The normalized spacial score (nSPS) is 12.7. The van der Waals surface area contributed by atoms with Crippen LogP contribution in [0.4, 0.5) is 5.69 Å². The van der Waals surface area contributed by atoms with Crippen molar-refractivity contribution in [2.45, 2.75) is 6.54 Å². The van der Waals surface area contributed by atoms with Gasteiger partial charge in [0.1, 0.15) is 5.75 Å². The number of fused-ring (bicyclic) bond motifs is 1. The fourth-order valence-electron chi connectivity index (χ4n) is 2.31. The highest BCUT2D eigenvalue weighted by molar-refractivity contribution is 6.03. The Balaban J connectivity index is 1.71. The van der Waals surface area contributed by atoms with Crippen molar-refractivity contribution in [1.82, 2.24) is 5.32 Å². The molecule has 2 amide bonds. The third-order valence-electron chi connectivity index (χ3n) is 3.49. The highest BCUT2D eigenvalue weighted by Gasteiger charge is 2.22.